The van der Waals surface area contributed by atoms with Crippen LogP contribution in [-0.2, 0) is 4.74 Å². The number of carbonyl (C=O) groups excluding carboxylic acids is 1. The first-order chi connectivity index (χ1) is 10.1. The number of hydrogen-bond donors (Lipinski definition) is 1. The number of hydrogen-bond acceptors (Lipinski definition) is 4. The number of urea groups is 1. The number of piperazine rings is 1. The maximum absolute atomic E-state index is 13.2. The van der Waals surface area contributed by atoms with Crippen molar-refractivity contribution < 1.29 is 13.9 Å². The van der Waals surface area contributed by atoms with Crippen molar-refractivity contribution in [2.75, 3.05) is 44.8 Å². The Morgan fingerprint density at radius 3 is 3.00 bits per heavy atom. The molecule has 1 aliphatic heterocycles. The summed E-state index contributed by atoms with van der Waals surface area (Å²) >= 11 is 0. The predicted molar refractivity (Wildman–Crippen MR) is 77.9 cm³/mol. The zero-order valence-corrected chi connectivity index (χ0v) is 12.4. The smallest absolute Gasteiger partial charge is 0.317 e. The fourth-order valence-electron chi connectivity index (χ4n) is 2.41. The van der Waals surface area contributed by atoms with E-state index < -0.39 is 5.95 Å². The lowest BCUT2D eigenvalue weighted by Crippen LogP contribution is -2.56. The number of amides is 2. The monoisotopic (exact) mass is 296 g/mol. The van der Waals surface area contributed by atoms with Gasteiger partial charge in [-0.2, -0.15) is 4.39 Å². The maximum Gasteiger partial charge on any atom is 0.317 e. The topological polar surface area (TPSA) is 57.7 Å². The van der Waals surface area contributed by atoms with Gasteiger partial charge in [-0.1, -0.05) is 6.07 Å². The minimum atomic E-state index is -0.487. The normalized spacial score (nSPS) is 18.7. The Hall–Kier alpha value is -1.89. The second-order valence-electron chi connectivity index (χ2n) is 5.03. The largest absolute Gasteiger partial charge is 0.383 e. The molecular formula is C14H21FN4O2. The lowest BCUT2D eigenvalue weighted by Gasteiger charge is -2.40. The van der Waals surface area contributed by atoms with Gasteiger partial charge in [0, 0.05) is 39.3 Å². The number of nitrogens with zero attached hydrogens (tertiary/aromatic N) is 3. The zero-order valence-electron chi connectivity index (χ0n) is 12.4. The highest BCUT2D eigenvalue weighted by Gasteiger charge is 2.27. The van der Waals surface area contributed by atoms with Crippen LogP contribution in [0, 0.1) is 5.95 Å². The number of carbonyl (C=O) groups is 1. The van der Waals surface area contributed by atoms with Crippen LogP contribution in [0.25, 0.3) is 0 Å². The minimum absolute atomic E-state index is 0.0845. The Bertz CT molecular complexity index is 486. The van der Waals surface area contributed by atoms with Crippen molar-refractivity contribution in [3.8, 4) is 0 Å². The Kier molecular flexibility index (Phi) is 5.32. The van der Waals surface area contributed by atoms with E-state index in [2.05, 4.69) is 10.3 Å². The van der Waals surface area contributed by atoms with Crippen molar-refractivity contribution in [2.24, 2.45) is 0 Å². The summed E-state index contributed by atoms with van der Waals surface area (Å²) in [6.45, 7) is 4.79. The summed E-state index contributed by atoms with van der Waals surface area (Å²) in [6, 6.07) is 4.75. The van der Waals surface area contributed by atoms with Crippen LogP contribution in [0.3, 0.4) is 0 Å². The van der Waals surface area contributed by atoms with Crippen molar-refractivity contribution in [3.05, 3.63) is 24.1 Å². The lowest BCUT2D eigenvalue weighted by molar-refractivity contribution is 0.172. The number of anilines is 1. The van der Waals surface area contributed by atoms with Crippen LogP contribution in [0.2, 0.25) is 0 Å². The first kappa shape index (κ1) is 15.5. The molecule has 1 saturated heterocycles. The van der Waals surface area contributed by atoms with Gasteiger partial charge in [-0.25, -0.2) is 9.78 Å². The highest BCUT2D eigenvalue weighted by molar-refractivity contribution is 5.74. The van der Waals surface area contributed by atoms with E-state index in [1.807, 2.05) is 11.8 Å². The Balaban J connectivity index is 1.91. The van der Waals surface area contributed by atoms with Crippen LogP contribution in [0.1, 0.15) is 6.92 Å². The molecule has 2 heterocycles. The van der Waals surface area contributed by atoms with E-state index in [-0.39, 0.29) is 12.1 Å². The van der Waals surface area contributed by atoms with Gasteiger partial charge in [-0.3, -0.25) is 0 Å². The quantitative estimate of drug-likeness (QED) is 0.667. The number of aromatic nitrogens is 1. The first-order valence-corrected chi connectivity index (χ1v) is 7.02. The van der Waals surface area contributed by atoms with Gasteiger partial charge < -0.3 is 19.9 Å². The highest BCUT2D eigenvalue weighted by atomic mass is 19.1. The van der Waals surface area contributed by atoms with E-state index >= 15 is 0 Å². The summed E-state index contributed by atoms with van der Waals surface area (Å²) in [4.78, 5) is 19.7. The molecule has 0 aliphatic carbocycles. The van der Waals surface area contributed by atoms with E-state index in [1.165, 1.54) is 6.07 Å². The molecule has 0 radical (unpaired) electrons. The first-order valence-electron chi connectivity index (χ1n) is 7.02. The molecule has 0 saturated carbocycles. The average molecular weight is 296 g/mol. The highest BCUT2D eigenvalue weighted by Crippen LogP contribution is 2.18. The van der Waals surface area contributed by atoms with Gasteiger partial charge in [0.2, 0.25) is 5.95 Å². The van der Waals surface area contributed by atoms with E-state index in [9.17, 15) is 9.18 Å². The number of pyridine rings is 1. The van der Waals surface area contributed by atoms with Gasteiger partial charge in [0.05, 0.1) is 6.61 Å². The van der Waals surface area contributed by atoms with Gasteiger partial charge in [0.25, 0.3) is 0 Å². The summed E-state index contributed by atoms with van der Waals surface area (Å²) in [7, 11) is 1.60. The van der Waals surface area contributed by atoms with Crippen LogP contribution in [0.4, 0.5) is 15.0 Å². The fraction of sp³-hybridized carbons (Fsp3) is 0.571. The Labute approximate surface area is 123 Å². The molecule has 1 atom stereocenters. The van der Waals surface area contributed by atoms with Gasteiger partial charge in [-0.05, 0) is 19.1 Å². The Morgan fingerprint density at radius 2 is 2.33 bits per heavy atom. The molecule has 1 fully saturated rings. The average Bonchev–Trinajstić information content (AvgIpc) is 2.47. The molecule has 1 aromatic rings. The summed E-state index contributed by atoms with van der Waals surface area (Å²) in [5.41, 5.74) is 0. The molecule has 0 spiro atoms. The molecule has 0 aromatic carbocycles. The maximum atomic E-state index is 13.2. The van der Waals surface area contributed by atoms with Crippen molar-refractivity contribution >= 4 is 11.8 Å². The molecule has 116 valence electrons. The van der Waals surface area contributed by atoms with E-state index in [1.54, 1.807) is 24.1 Å². The van der Waals surface area contributed by atoms with Gasteiger partial charge in [0.15, 0.2) is 0 Å². The lowest BCUT2D eigenvalue weighted by atomic mass is 10.2. The number of methoxy groups -OCH3 is 1. The molecule has 2 amide bonds. The Morgan fingerprint density at radius 1 is 1.52 bits per heavy atom. The minimum Gasteiger partial charge on any atom is -0.383 e. The molecule has 7 heteroatoms. The van der Waals surface area contributed by atoms with Gasteiger partial charge >= 0.3 is 6.03 Å². The van der Waals surface area contributed by atoms with Crippen LogP contribution < -0.4 is 10.2 Å². The molecule has 1 aromatic heterocycles. The van der Waals surface area contributed by atoms with Crippen molar-refractivity contribution in [2.45, 2.75) is 13.0 Å². The number of ether oxygens (including phenoxy) is 1. The molecule has 1 aliphatic rings. The molecule has 1 unspecified atom stereocenters. The number of nitrogens with one attached hydrogen (secondary N) is 1. The number of rotatable bonds is 4. The SMILES string of the molecule is COCCNC(=O)N1CCN(c2cccc(F)n2)C(C)C1. The fourth-order valence-corrected chi connectivity index (χ4v) is 2.41. The van der Waals surface area contributed by atoms with Crippen LogP contribution in [-0.4, -0.2) is 61.9 Å². The third-order valence-electron chi connectivity index (χ3n) is 3.49. The summed E-state index contributed by atoms with van der Waals surface area (Å²) < 4.78 is 18.1. The van der Waals surface area contributed by atoms with Crippen LogP contribution in [0.5, 0.6) is 0 Å². The van der Waals surface area contributed by atoms with Crippen molar-refractivity contribution in [1.29, 1.82) is 0 Å². The molecular weight excluding hydrogens is 275 g/mol. The van der Waals surface area contributed by atoms with Crippen molar-refractivity contribution in [3.63, 3.8) is 0 Å². The van der Waals surface area contributed by atoms with E-state index in [0.29, 0.717) is 38.6 Å². The summed E-state index contributed by atoms with van der Waals surface area (Å²) in [6.07, 6.45) is 0. The third-order valence-corrected chi connectivity index (χ3v) is 3.49. The molecule has 21 heavy (non-hydrogen) atoms. The molecule has 6 nitrogen and oxygen atoms in total. The van der Waals surface area contributed by atoms with E-state index in [0.717, 1.165) is 0 Å². The third kappa shape index (κ3) is 4.04. The number of halogens is 1. The second-order valence-corrected chi connectivity index (χ2v) is 5.03. The standard InChI is InChI=1S/C14H21FN4O2/c1-11-10-18(14(20)16-6-9-21-2)7-8-19(11)13-5-3-4-12(15)17-13/h3-5,11H,6-10H2,1-2H3,(H,16,20). The van der Waals surface area contributed by atoms with E-state index in [4.69, 9.17) is 4.74 Å². The van der Waals surface area contributed by atoms with Crippen LogP contribution >= 0.6 is 0 Å². The summed E-state index contributed by atoms with van der Waals surface area (Å²) in [5, 5.41) is 2.81. The van der Waals surface area contributed by atoms with Crippen LogP contribution in [0.15, 0.2) is 18.2 Å². The summed E-state index contributed by atoms with van der Waals surface area (Å²) in [5.74, 6) is 0.126. The van der Waals surface area contributed by atoms with Crippen molar-refractivity contribution in [1.82, 2.24) is 15.2 Å². The van der Waals surface area contributed by atoms with Gasteiger partial charge in [0.1, 0.15) is 5.82 Å². The van der Waals surface area contributed by atoms with Gasteiger partial charge in [-0.15, -0.1) is 0 Å². The molecule has 0 bridgehead atoms. The molecule has 1 N–H and O–H groups in total. The zero-order chi connectivity index (χ0) is 15.2. The second kappa shape index (κ2) is 7.21. The predicted octanol–water partition coefficient (Wildman–Crippen LogP) is 1.09. The molecule has 2 rings (SSSR count).